The first-order valence-corrected chi connectivity index (χ1v) is 11.7. The number of carbonyl (C=O) groups excluding carboxylic acids is 3. The molecule has 1 saturated heterocycles. The Labute approximate surface area is 222 Å². The van der Waals surface area contributed by atoms with Gasteiger partial charge < -0.3 is 4.74 Å². The van der Waals surface area contributed by atoms with Crippen LogP contribution >= 0.6 is 39.1 Å². The van der Waals surface area contributed by atoms with Gasteiger partial charge in [-0.2, -0.15) is 0 Å². The van der Waals surface area contributed by atoms with Crippen molar-refractivity contribution in [2.45, 2.75) is 6.61 Å². The van der Waals surface area contributed by atoms with Crippen LogP contribution in [-0.4, -0.2) is 22.8 Å². The summed E-state index contributed by atoms with van der Waals surface area (Å²) < 4.78 is 6.67. The predicted molar refractivity (Wildman–Crippen MR) is 137 cm³/mol. The number of ether oxygens (including phenoxy) is 1. The molecule has 3 aromatic carbocycles. The van der Waals surface area contributed by atoms with Gasteiger partial charge in [-0.3, -0.25) is 25.0 Å². The quantitative estimate of drug-likeness (QED) is 0.165. The Morgan fingerprint density at radius 1 is 1.03 bits per heavy atom. The lowest BCUT2D eigenvalue weighted by Gasteiger charge is -2.26. The van der Waals surface area contributed by atoms with Gasteiger partial charge in [-0.15, -0.1) is 0 Å². The number of non-ortho nitro benzene ring substituents is 1. The SMILES string of the molecule is O=C1NC(=O)N(c2cccc([N+](=O)[O-])c2)C(=O)/C1=C/c1cc(Cl)c(OCc2ccc(Br)cc2)c(Cl)c1. The normalized spacial score (nSPS) is 14.7. The average Bonchev–Trinajstić information content (AvgIpc) is 2.82. The van der Waals surface area contributed by atoms with Crippen LogP contribution in [-0.2, 0) is 16.2 Å². The largest absolute Gasteiger partial charge is 0.486 e. The molecule has 4 amide bonds. The molecule has 182 valence electrons. The number of amides is 4. The molecule has 0 bridgehead atoms. The van der Waals surface area contributed by atoms with Gasteiger partial charge in [-0.1, -0.05) is 57.3 Å². The molecule has 0 atom stereocenters. The van der Waals surface area contributed by atoms with Gasteiger partial charge in [0.05, 0.1) is 20.7 Å². The molecule has 0 spiro atoms. The molecule has 36 heavy (non-hydrogen) atoms. The fourth-order valence-corrected chi connectivity index (χ4v) is 4.22. The van der Waals surface area contributed by atoms with E-state index in [0.29, 0.717) is 10.5 Å². The second kappa shape index (κ2) is 10.5. The lowest BCUT2D eigenvalue weighted by atomic mass is 10.1. The van der Waals surface area contributed by atoms with E-state index in [1.54, 1.807) is 0 Å². The molecule has 1 fully saturated rings. The molecule has 12 heteroatoms. The number of imide groups is 2. The molecule has 1 aliphatic heterocycles. The van der Waals surface area contributed by atoms with Gasteiger partial charge in [-0.05, 0) is 47.5 Å². The number of nitro benzene ring substituents is 1. The zero-order valence-corrected chi connectivity index (χ0v) is 21.1. The Morgan fingerprint density at radius 3 is 2.33 bits per heavy atom. The molecule has 1 aliphatic rings. The van der Waals surface area contributed by atoms with E-state index in [9.17, 15) is 24.5 Å². The summed E-state index contributed by atoms with van der Waals surface area (Å²) in [6, 6.07) is 14.3. The molecule has 1 N–H and O–H groups in total. The fourth-order valence-electron chi connectivity index (χ4n) is 3.34. The lowest BCUT2D eigenvalue weighted by molar-refractivity contribution is -0.384. The maximum atomic E-state index is 13.1. The van der Waals surface area contributed by atoms with E-state index in [-0.39, 0.29) is 33.8 Å². The molecule has 0 aliphatic carbocycles. The summed E-state index contributed by atoms with van der Waals surface area (Å²) >= 11 is 16.1. The third-order valence-corrected chi connectivity index (χ3v) is 6.12. The Hall–Kier alpha value is -3.73. The number of barbiturate groups is 1. The van der Waals surface area contributed by atoms with Crippen LogP contribution in [0.1, 0.15) is 11.1 Å². The molecule has 0 unspecified atom stereocenters. The van der Waals surface area contributed by atoms with Crippen LogP contribution in [0.5, 0.6) is 5.75 Å². The van der Waals surface area contributed by atoms with Crippen LogP contribution in [0.15, 0.2) is 70.7 Å². The molecule has 9 nitrogen and oxygen atoms in total. The van der Waals surface area contributed by atoms with Crippen molar-refractivity contribution < 1.29 is 24.0 Å². The van der Waals surface area contributed by atoms with Gasteiger partial charge in [0.15, 0.2) is 5.75 Å². The number of hydrogen-bond donors (Lipinski definition) is 1. The van der Waals surface area contributed by atoms with Crippen LogP contribution in [0.4, 0.5) is 16.2 Å². The van der Waals surface area contributed by atoms with E-state index in [1.165, 1.54) is 36.4 Å². The minimum absolute atomic E-state index is 0.0714. The number of nitrogens with one attached hydrogen (secondary N) is 1. The van der Waals surface area contributed by atoms with Crippen molar-refractivity contribution in [3.8, 4) is 5.75 Å². The molecule has 3 aromatic rings. The minimum atomic E-state index is -1.03. The minimum Gasteiger partial charge on any atom is -0.486 e. The number of anilines is 1. The average molecular weight is 591 g/mol. The van der Waals surface area contributed by atoms with Crippen LogP contribution in [0.3, 0.4) is 0 Å². The summed E-state index contributed by atoms with van der Waals surface area (Å²) in [4.78, 5) is 48.9. The van der Waals surface area contributed by atoms with E-state index in [4.69, 9.17) is 27.9 Å². The molecule has 1 heterocycles. The van der Waals surface area contributed by atoms with Crippen LogP contribution in [0, 0.1) is 10.1 Å². The van der Waals surface area contributed by atoms with Crippen molar-refractivity contribution in [2.75, 3.05) is 4.90 Å². The molecular weight excluding hydrogens is 577 g/mol. The van der Waals surface area contributed by atoms with Gasteiger partial charge >= 0.3 is 6.03 Å². The van der Waals surface area contributed by atoms with E-state index >= 15 is 0 Å². The number of halogens is 3. The Morgan fingerprint density at radius 2 is 1.69 bits per heavy atom. The maximum Gasteiger partial charge on any atom is 0.335 e. The summed E-state index contributed by atoms with van der Waals surface area (Å²) in [7, 11) is 0. The Balaban J connectivity index is 1.61. The first-order valence-electron chi connectivity index (χ1n) is 10.2. The van der Waals surface area contributed by atoms with Gasteiger partial charge in [-0.25, -0.2) is 9.69 Å². The molecule has 4 rings (SSSR count). The van der Waals surface area contributed by atoms with Gasteiger partial charge in [0, 0.05) is 16.6 Å². The number of benzene rings is 3. The highest BCUT2D eigenvalue weighted by atomic mass is 79.9. The molecule has 0 saturated carbocycles. The van der Waals surface area contributed by atoms with E-state index in [1.807, 2.05) is 24.3 Å². The topological polar surface area (TPSA) is 119 Å². The summed E-state index contributed by atoms with van der Waals surface area (Å²) in [6.07, 6.45) is 1.21. The van der Waals surface area contributed by atoms with Crippen molar-refractivity contribution in [1.29, 1.82) is 0 Å². The number of rotatable bonds is 6. The second-order valence-electron chi connectivity index (χ2n) is 7.46. The monoisotopic (exact) mass is 589 g/mol. The van der Waals surface area contributed by atoms with Gasteiger partial charge in [0.2, 0.25) is 0 Å². The predicted octanol–water partition coefficient (Wildman–Crippen LogP) is 5.91. The van der Waals surface area contributed by atoms with Crippen molar-refractivity contribution in [3.63, 3.8) is 0 Å². The molecular formula is C24H14BrCl2N3O6. The van der Waals surface area contributed by atoms with Crippen molar-refractivity contribution in [3.05, 3.63) is 102 Å². The zero-order valence-electron chi connectivity index (χ0n) is 18.0. The van der Waals surface area contributed by atoms with Crippen LogP contribution < -0.4 is 15.0 Å². The van der Waals surface area contributed by atoms with E-state index < -0.39 is 28.3 Å². The summed E-state index contributed by atoms with van der Waals surface area (Å²) in [5.41, 5.74) is 0.391. The van der Waals surface area contributed by atoms with Crippen LogP contribution in [0.25, 0.3) is 6.08 Å². The van der Waals surface area contributed by atoms with Crippen molar-refractivity contribution in [2.24, 2.45) is 0 Å². The lowest BCUT2D eigenvalue weighted by Crippen LogP contribution is -2.54. The standard InChI is InChI=1S/C24H14BrCl2N3O6/c25-15-6-4-13(5-7-15)12-36-21-19(26)9-14(10-20(21)27)8-18-22(31)28-24(33)29(23(18)32)16-2-1-3-17(11-16)30(34)35/h1-11H,12H2,(H,28,31,33)/b18-8+. The summed E-state index contributed by atoms with van der Waals surface area (Å²) in [5, 5.41) is 13.4. The van der Waals surface area contributed by atoms with Crippen molar-refractivity contribution >= 4 is 74.4 Å². The summed E-state index contributed by atoms with van der Waals surface area (Å²) in [6.45, 7) is 0.203. The number of nitro groups is 1. The zero-order chi connectivity index (χ0) is 26.0. The summed E-state index contributed by atoms with van der Waals surface area (Å²) in [5.74, 6) is -1.68. The third kappa shape index (κ3) is 5.40. The van der Waals surface area contributed by atoms with Crippen molar-refractivity contribution in [1.82, 2.24) is 5.32 Å². The highest BCUT2D eigenvalue weighted by molar-refractivity contribution is 9.10. The van der Waals surface area contributed by atoms with Crippen LogP contribution in [0.2, 0.25) is 10.0 Å². The Kier molecular flexibility index (Phi) is 7.39. The smallest absolute Gasteiger partial charge is 0.335 e. The maximum absolute atomic E-state index is 13.1. The Bertz CT molecular complexity index is 1420. The second-order valence-corrected chi connectivity index (χ2v) is 9.19. The highest BCUT2D eigenvalue weighted by Gasteiger charge is 2.37. The number of hydrogen-bond acceptors (Lipinski definition) is 6. The fraction of sp³-hybridized carbons (Fsp3) is 0.0417. The number of carbonyl (C=O) groups is 3. The number of nitrogens with zero attached hydrogens (tertiary/aromatic N) is 2. The first kappa shape index (κ1) is 25.4. The third-order valence-electron chi connectivity index (χ3n) is 5.03. The first-order chi connectivity index (χ1) is 17.1. The molecule has 0 aromatic heterocycles. The van der Waals surface area contributed by atoms with Gasteiger partial charge in [0.1, 0.15) is 12.2 Å². The highest BCUT2D eigenvalue weighted by Crippen LogP contribution is 2.36. The van der Waals surface area contributed by atoms with E-state index in [0.717, 1.165) is 16.1 Å². The number of urea groups is 1. The van der Waals surface area contributed by atoms with E-state index in [2.05, 4.69) is 21.2 Å². The molecule has 0 radical (unpaired) electrons. The van der Waals surface area contributed by atoms with Gasteiger partial charge in [0.25, 0.3) is 17.5 Å².